The maximum atomic E-state index is 6.11. The zero-order valence-electron chi connectivity index (χ0n) is 10.4. The van der Waals surface area contributed by atoms with E-state index in [0.717, 1.165) is 22.4 Å². The Hall–Kier alpha value is -1.58. The van der Waals surface area contributed by atoms with E-state index < -0.39 is 0 Å². The second kappa shape index (κ2) is 5.38. The van der Waals surface area contributed by atoms with Gasteiger partial charge < -0.3 is 10.5 Å². The highest BCUT2D eigenvalue weighted by atomic mass is 35.5. The van der Waals surface area contributed by atoms with Crippen LogP contribution in [0.1, 0.15) is 16.7 Å². The second-order valence-corrected chi connectivity index (χ2v) is 4.61. The van der Waals surface area contributed by atoms with Gasteiger partial charge in [0.2, 0.25) is 5.88 Å². The van der Waals surface area contributed by atoms with E-state index in [2.05, 4.69) is 4.98 Å². The second-order valence-electron chi connectivity index (χ2n) is 4.21. The normalized spacial score (nSPS) is 10.4. The number of hydrogen-bond acceptors (Lipinski definition) is 3. The Balaban J connectivity index is 2.31. The zero-order valence-corrected chi connectivity index (χ0v) is 11.2. The summed E-state index contributed by atoms with van der Waals surface area (Å²) in [6, 6.07) is 7.78. The monoisotopic (exact) mass is 262 g/mol. The summed E-state index contributed by atoms with van der Waals surface area (Å²) < 4.78 is 5.74. The van der Waals surface area contributed by atoms with E-state index in [1.165, 1.54) is 0 Å². The summed E-state index contributed by atoms with van der Waals surface area (Å²) in [6.07, 6.45) is 1.67. The van der Waals surface area contributed by atoms with Crippen LogP contribution in [0, 0.1) is 13.8 Å². The molecule has 1 aromatic heterocycles. The molecule has 0 unspecified atom stereocenters. The molecule has 0 aliphatic heterocycles. The van der Waals surface area contributed by atoms with Crippen LogP contribution in [-0.2, 0) is 6.54 Å². The molecule has 18 heavy (non-hydrogen) atoms. The number of aryl methyl sites for hydroxylation is 2. The predicted molar refractivity (Wildman–Crippen MR) is 73.1 cm³/mol. The van der Waals surface area contributed by atoms with Gasteiger partial charge in [-0.05, 0) is 42.7 Å². The van der Waals surface area contributed by atoms with Crippen molar-refractivity contribution in [3.05, 3.63) is 52.2 Å². The number of aromatic nitrogens is 1. The third-order valence-corrected chi connectivity index (χ3v) is 2.92. The zero-order chi connectivity index (χ0) is 13.1. The van der Waals surface area contributed by atoms with Gasteiger partial charge in [0.05, 0.1) is 0 Å². The molecule has 0 saturated carbocycles. The van der Waals surface area contributed by atoms with E-state index in [9.17, 15) is 0 Å². The molecule has 1 heterocycles. The number of pyridine rings is 1. The molecule has 0 bridgehead atoms. The van der Waals surface area contributed by atoms with Gasteiger partial charge in [0.15, 0.2) is 0 Å². The molecule has 4 heteroatoms. The van der Waals surface area contributed by atoms with E-state index in [4.69, 9.17) is 22.1 Å². The molecule has 3 nitrogen and oxygen atoms in total. The first-order valence-corrected chi connectivity index (χ1v) is 6.07. The fourth-order valence-electron chi connectivity index (χ4n) is 1.57. The van der Waals surface area contributed by atoms with E-state index >= 15 is 0 Å². The van der Waals surface area contributed by atoms with Crippen LogP contribution in [0.5, 0.6) is 11.6 Å². The molecule has 0 saturated heterocycles. The molecule has 2 N–H and O–H groups in total. The van der Waals surface area contributed by atoms with Crippen molar-refractivity contribution in [2.75, 3.05) is 0 Å². The number of hydrogen-bond donors (Lipinski definition) is 1. The topological polar surface area (TPSA) is 48.1 Å². The highest BCUT2D eigenvalue weighted by molar-refractivity contribution is 6.31. The average Bonchev–Trinajstić information content (AvgIpc) is 2.36. The lowest BCUT2D eigenvalue weighted by Gasteiger charge is -2.10. The van der Waals surface area contributed by atoms with Crippen LogP contribution in [0.3, 0.4) is 0 Å². The molecule has 0 amide bonds. The Bertz CT molecular complexity index is 570. The van der Waals surface area contributed by atoms with E-state index in [1.54, 1.807) is 12.3 Å². The molecule has 0 fully saturated rings. The molecule has 0 aliphatic carbocycles. The summed E-state index contributed by atoms with van der Waals surface area (Å²) in [6.45, 7) is 4.41. The lowest BCUT2D eigenvalue weighted by molar-refractivity contribution is 0.459. The fourth-order valence-corrected chi connectivity index (χ4v) is 1.80. The van der Waals surface area contributed by atoms with Crippen LogP contribution < -0.4 is 10.5 Å². The number of benzene rings is 1. The Morgan fingerprint density at radius 2 is 2.06 bits per heavy atom. The Morgan fingerprint density at radius 3 is 2.72 bits per heavy atom. The first-order valence-electron chi connectivity index (χ1n) is 5.69. The Morgan fingerprint density at radius 1 is 1.28 bits per heavy atom. The standard InChI is InChI=1S/C14H15ClN2O/c1-9-3-4-10(2)13(5-9)18-14-12(15)6-11(7-16)8-17-14/h3-6,8H,7,16H2,1-2H3. The Kier molecular flexibility index (Phi) is 3.84. The first kappa shape index (κ1) is 12.9. The summed E-state index contributed by atoms with van der Waals surface area (Å²) in [5.74, 6) is 1.17. The van der Waals surface area contributed by atoms with Crippen molar-refractivity contribution in [2.45, 2.75) is 20.4 Å². The minimum Gasteiger partial charge on any atom is -0.437 e. The van der Waals surface area contributed by atoms with E-state index in [0.29, 0.717) is 17.4 Å². The number of rotatable bonds is 3. The number of nitrogens with two attached hydrogens (primary N) is 1. The lowest BCUT2D eigenvalue weighted by atomic mass is 10.1. The van der Waals surface area contributed by atoms with Gasteiger partial charge in [0.25, 0.3) is 0 Å². The van der Waals surface area contributed by atoms with Crippen molar-refractivity contribution in [2.24, 2.45) is 5.73 Å². The minimum atomic E-state index is 0.405. The summed E-state index contributed by atoms with van der Waals surface area (Å²) in [4.78, 5) is 4.18. The van der Waals surface area contributed by atoms with Crippen molar-refractivity contribution < 1.29 is 4.74 Å². The van der Waals surface area contributed by atoms with Crippen LogP contribution in [0.2, 0.25) is 5.02 Å². The van der Waals surface area contributed by atoms with Gasteiger partial charge in [0, 0.05) is 12.7 Å². The molecule has 0 aliphatic rings. The maximum absolute atomic E-state index is 6.11. The number of ether oxygens (including phenoxy) is 1. The molecule has 1 aromatic carbocycles. The highest BCUT2D eigenvalue weighted by Gasteiger charge is 2.08. The predicted octanol–water partition coefficient (Wildman–Crippen LogP) is 3.60. The minimum absolute atomic E-state index is 0.405. The van der Waals surface area contributed by atoms with E-state index in [-0.39, 0.29) is 0 Å². The van der Waals surface area contributed by atoms with Crippen molar-refractivity contribution in [1.29, 1.82) is 0 Å². The largest absolute Gasteiger partial charge is 0.437 e. The van der Waals surface area contributed by atoms with Gasteiger partial charge >= 0.3 is 0 Å². The van der Waals surface area contributed by atoms with Gasteiger partial charge in [-0.2, -0.15) is 0 Å². The van der Waals surface area contributed by atoms with Crippen LogP contribution >= 0.6 is 11.6 Å². The van der Waals surface area contributed by atoms with Crippen molar-refractivity contribution in [3.63, 3.8) is 0 Å². The van der Waals surface area contributed by atoms with Crippen molar-refractivity contribution in [1.82, 2.24) is 4.98 Å². The summed E-state index contributed by atoms with van der Waals surface area (Å²) in [5, 5.41) is 0.471. The van der Waals surface area contributed by atoms with Crippen LogP contribution in [0.25, 0.3) is 0 Å². The van der Waals surface area contributed by atoms with Crippen LogP contribution in [0.4, 0.5) is 0 Å². The molecule has 94 valence electrons. The van der Waals surface area contributed by atoms with Gasteiger partial charge in [-0.1, -0.05) is 23.7 Å². The van der Waals surface area contributed by atoms with Gasteiger partial charge in [0.1, 0.15) is 10.8 Å². The SMILES string of the molecule is Cc1ccc(C)c(Oc2ncc(CN)cc2Cl)c1. The molecular formula is C14H15ClN2O. The van der Waals surface area contributed by atoms with Crippen molar-refractivity contribution >= 4 is 11.6 Å². The molecule has 2 rings (SSSR count). The molecular weight excluding hydrogens is 248 g/mol. The van der Waals surface area contributed by atoms with Crippen LogP contribution in [-0.4, -0.2) is 4.98 Å². The van der Waals surface area contributed by atoms with Gasteiger partial charge in [-0.3, -0.25) is 0 Å². The number of halogens is 1. The fraction of sp³-hybridized carbons (Fsp3) is 0.214. The quantitative estimate of drug-likeness (QED) is 0.919. The lowest BCUT2D eigenvalue weighted by Crippen LogP contribution is -1.98. The highest BCUT2D eigenvalue weighted by Crippen LogP contribution is 2.30. The smallest absolute Gasteiger partial charge is 0.238 e. The molecule has 0 spiro atoms. The van der Waals surface area contributed by atoms with Gasteiger partial charge in [-0.25, -0.2) is 4.98 Å². The van der Waals surface area contributed by atoms with E-state index in [1.807, 2.05) is 32.0 Å². The maximum Gasteiger partial charge on any atom is 0.238 e. The third-order valence-electron chi connectivity index (χ3n) is 2.65. The summed E-state index contributed by atoms with van der Waals surface area (Å²) in [7, 11) is 0. The summed E-state index contributed by atoms with van der Waals surface area (Å²) >= 11 is 6.11. The van der Waals surface area contributed by atoms with Crippen LogP contribution in [0.15, 0.2) is 30.5 Å². The average molecular weight is 263 g/mol. The molecule has 0 atom stereocenters. The first-order chi connectivity index (χ1) is 8.60. The summed E-state index contributed by atoms with van der Waals surface area (Å²) in [5.41, 5.74) is 8.58. The van der Waals surface area contributed by atoms with Gasteiger partial charge in [-0.15, -0.1) is 0 Å². The Labute approximate surface area is 112 Å². The molecule has 2 aromatic rings. The van der Waals surface area contributed by atoms with Crippen molar-refractivity contribution in [3.8, 4) is 11.6 Å². The third kappa shape index (κ3) is 2.81. The number of nitrogens with zero attached hydrogens (tertiary/aromatic N) is 1. The molecule has 0 radical (unpaired) electrons.